The highest BCUT2D eigenvalue weighted by Crippen LogP contribution is 2.22. The van der Waals surface area contributed by atoms with Crippen LogP contribution in [0.1, 0.15) is 36.5 Å². The Labute approximate surface area is 118 Å². The van der Waals surface area contributed by atoms with Crippen LogP contribution in [0.4, 0.5) is 5.69 Å². The van der Waals surface area contributed by atoms with E-state index in [-0.39, 0.29) is 18.1 Å². The minimum absolute atomic E-state index is 0.0745. The first-order valence-corrected chi connectivity index (χ1v) is 7.02. The molecule has 0 atom stereocenters. The Kier molecular flexibility index (Phi) is 3.44. The van der Waals surface area contributed by atoms with Crippen molar-refractivity contribution in [3.05, 3.63) is 29.8 Å². The predicted octanol–water partition coefficient (Wildman–Crippen LogP) is 1.53. The molecule has 1 fully saturated rings. The zero-order valence-corrected chi connectivity index (χ0v) is 11.5. The lowest BCUT2D eigenvalue weighted by atomic mass is 9.89. The Bertz CT molecular complexity index is 533. The second kappa shape index (κ2) is 5.25. The Hall–Kier alpha value is -1.88. The van der Waals surface area contributed by atoms with Crippen molar-refractivity contribution in [2.24, 2.45) is 5.10 Å². The fourth-order valence-electron chi connectivity index (χ4n) is 2.52. The molecule has 1 amide bonds. The number of benzene rings is 1. The number of aliphatic hydroxyl groups is 1. The Morgan fingerprint density at radius 2 is 2.05 bits per heavy atom. The van der Waals surface area contributed by atoms with Crippen LogP contribution < -0.4 is 10.3 Å². The normalized spacial score (nSPS) is 25.1. The molecule has 0 aromatic heterocycles. The monoisotopic (exact) mass is 273 g/mol. The topological polar surface area (TPSA) is 64.9 Å². The molecule has 1 aliphatic carbocycles. The molecular weight excluding hydrogens is 254 g/mol. The first-order chi connectivity index (χ1) is 9.61. The van der Waals surface area contributed by atoms with Gasteiger partial charge in [0.1, 0.15) is 0 Å². The van der Waals surface area contributed by atoms with E-state index >= 15 is 0 Å². The molecule has 5 heteroatoms. The van der Waals surface area contributed by atoms with E-state index in [9.17, 15) is 9.90 Å². The van der Waals surface area contributed by atoms with E-state index < -0.39 is 0 Å². The average molecular weight is 273 g/mol. The van der Waals surface area contributed by atoms with Gasteiger partial charge in [-0.1, -0.05) is 0 Å². The highest BCUT2D eigenvalue weighted by atomic mass is 16.3. The number of aliphatic hydroxyl groups excluding tert-OH is 1. The largest absolute Gasteiger partial charge is 0.393 e. The number of hydrogen-bond acceptors (Lipinski definition) is 4. The molecule has 0 radical (unpaired) electrons. The summed E-state index contributed by atoms with van der Waals surface area (Å²) in [6, 6.07) is 7.61. The minimum atomic E-state index is -0.251. The number of anilines is 1. The average Bonchev–Trinajstić information content (AvgIpc) is 2.84. The molecule has 1 aromatic carbocycles. The number of rotatable bonds is 3. The molecule has 1 saturated carbocycles. The van der Waals surface area contributed by atoms with E-state index in [0.29, 0.717) is 18.4 Å². The summed E-state index contributed by atoms with van der Waals surface area (Å²) in [7, 11) is 0. The van der Waals surface area contributed by atoms with Gasteiger partial charge in [0.15, 0.2) is 0 Å². The van der Waals surface area contributed by atoms with Crippen molar-refractivity contribution in [2.75, 3.05) is 11.6 Å². The minimum Gasteiger partial charge on any atom is -0.393 e. The SMILES string of the molecule is CC1=NN(c2ccc(C(=O)NC3CC(O)C3)cc2)CC1. The zero-order chi connectivity index (χ0) is 14.1. The quantitative estimate of drug-likeness (QED) is 0.877. The lowest BCUT2D eigenvalue weighted by molar-refractivity contribution is 0.0562. The standard InChI is InChI=1S/C15H19N3O2/c1-10-6-7-18(17-10)13-4-2-11(3-5-13)15(20)16-12-8-14(19)9-12/h2-5,12,14,19H,6-9H2,1H3,(H,16,20). The Morgan fingerprint density at radius 1 is 1.35 bits per heavy atom. The molecule has 1 heterocycles. The number of hydrazone groups is 1. The van der Waals surface area contributed by atoms with Gasteiger partial charge in [0, 0.05) is 30.3 Å². The van der Waals surface area contributed by atoms with Gasteiger partial charge in [-0.15, -0.1) is 0 Å². The Balaban J connectivity index is 1.62. The summed E-state index contributed by atoms with van der Waals surface area (Å²) in [4.78, 5) is 12.0. The number of carbonyl (C=O) groups is 1. The van der Waals surface area contributed by atoms with Crippen LogP contribution in [0.25, 0.3) is 0 Å². The second-order valence-electron chi connectivity index (χ2n) is 5.55. The van der Waals surface area contributed by atoms with Gasteiger partial charge >= 0.3 is 0 Å². The van der Waals surface area contributed by atoms with Gasteiger partial charge in [-0.2, -0.15) is 5.10 Å². The van der Waals surface area contributed by atoms with Gasteiger partial charge in [-0.3, -0.25) is 9.80 Å². The fraction of sp³-hybridized carbons (Fsp3) is 0.467. The van der Waals surface area contributed by atoms with Gasteiger partial charge in [0.25, 0.3) is 5.91 Å². The van der Waals surface area contributed by atoms with E-state index in [1.54, 1.807) is 0 Å². The lowest BCUT2D eigenvalue weighted by Crippen LogP contribution is -2.46. The molecule has 0 saturated heterocycles. The summed E-state index contributed by atoms with van der Waals surface area (Å²) >= 11 is 0. The van der Waals surface area contributed by atoms with Gasteiger partial charge in [0.2, 0.25) is 0 Å². The molecule has 0 unspecified atom stereocenters. The summed E-state index contributed by atoms with van der Waals surface area (Å²) in [5.41, 5.74) is 2.79. The predicted molar refractivity (Wildman–Crippen MR) is 78.0 cm³/mol. The molecule has 3 rings (SSSR count). The fourth-order valence-corrected chi connectivity index (χ4v) is 2.52. The lowest BCUT2D eigenvalue weighted by Gasteiger charge is -2.31. The van der Waals surface area contributed by atoms with Crippen molar-refractivity contribution < 1.29 is 9.90 Å². The number of nitrogens with zero attached hydrogens (tertiary/aromatic N) is 2. The van der Waals surface area contributed by atoms with Gasteiger partial charge in [-0.25, -0.2) is 0 Å². The van der Waals surface area contributed by atoms with Crippen LogP contribution in [0.3, 0.4) is 0 Å². The first kappa shape index (κ1) is 13.1. The van der Waals surface area contributed by atoms with Crippen molar-refractivity contribution >= 4 is 17.3 Å². The van der Waals surface area contributed by atoms with Gasteiger partial charge in [-0.05, 0) is 44.0 Å². The third-order valence-electron chi connectivity index (χ3n) is 3.85. The van der Waals surface area contributed by atoms with Crippen LogP contribution in [0.5, 0.6) is 0 Å². The molecular formula is C15H19N3O2. The van der Waals surface area contributed by atoms with Gasteiger partial charge < -0.3 is 10.4 Å². The van der Waals surface area contributed by atoms with Crippen LogP contribution in [0.2, 0.25) is 0 Å². The zero-order valence-electron chi connectivity index (χ0n) is 11.5. The summed E-state index contributed by atoms with van der Waals surface area (Å²) in [5, 5.41) is 18.5. The van der Waals surface area contributed by atoms with E-state index in [1.165, 1.54) is 0 Å². The van der Waals surface area contributed by atoms with Crippen LogP contribution in [0.15, 0.2) is 29.4 Å². The van der Waals surface area contributed by atoms with E-state index in [4.69, 9.17) is 0 Å². The van der Waals surface area contributed by atoms with Crippen molar-refractivity contribution in [1.29, 1.82) is 0 Å². The van der Waals surface area contributed by atoms with Crippen molar-refractivity contribution in [3.63, 3.8) is 0 Å². The van der Waals surface area contributed by atoms with Gasteiger partial charge in [0.05, 0.1) is 11.8 Å². The smallest absolute Gasteiger partial charge is 0.251 e. The van der Waals surface area contributed by atoms with Crippen LogP contribution in [-0.2, 0) is 0 Å². The first-order valence-electron chi connectivity index (χ1n) is 7.02. The third-order valence-corrected chi connectivity index (χ3v) is 3.85. The summed E-state index contributed by atoms with van der Waals surface area (Å²) in [6.07, 6.45) is 2.06. The number of carbonyl (C=O) groups excluding carboxylic acids is 1. The Morgan fingerprint density at radius 3 is 2.60 bits per heavy atom. The van der Waals surface area contributed by atoms with Crippen LogP contribution in [0, 0.1) is 0 Å². The van der Waals surface area contributed by atoms with Crippen molar-refractivity contribution in [1.82, 2.24) is 5.32 Å². The maximum atomic E-state index is 12.0. The van der Waals surface area contributed by atoms with Crippen molar-refractivity contribution in [3.8, 4) is 0 Å². The molecule has 106 valence electrons. The number of amides is 1. The van der Waals surface area contributed by atoms with E-state index in [1.807, 2.05) is 36.2 Å². The molecule has 2 aliphatic rings. The summed E-state index contributed by atoms with van der Waals surface area (Å²) < 4.78 is 0. The van der Waals surface area contributed by atoms with E-state index in [0.717, 1.165) is 24.4 Å². The highest BCUT2D eigenvalue weighted by molar-refractivity contribution is 5.95. The molecule has 5 nitrogen and oxygen atoms in total. The third kappa shape index (κ3) is 2.67. The molecule has 1 aliphatic heterocycles. The van der Waals surface area contributed by atoms with Crippen molar-refractivity contribution in [2.45, 2.75) is 38.3 Å². The molecule has 20 heavy (non-hydrogen) atoms. The second-order valence-corrected chi connectivity index (χ2v) is 5.55. The molecule has 2 N–H and O–H groups in total. The molecule has 0 bridgehead atoms. The van der Waals surface area contributed by atoms with E-state index in [2.05, 4.69) is 10.4 Å². The number of nitrogens with one attached hydrogen (secondary N) is 1. The highest BCUT2D eigenvalue weighted by Gasteiger charge is 2.28. The molecule has 0 spiro atoms. The summed E-state index contributed by atoms with van der Waals surface area (Å²) in [5.74, 6) is -0.0745. The number of hydrogen-bond donors (Lipinski definition) is 2. The maximum absolute atomic E-state index is 12.0. The van der Waals surface area contributed by atoms with Crippen LogP contribution >= 0.6 is 0 Å². The maximum Gasteiger partial charge on any atom is 0.251 e. The summed E-state index contributed by atoms with van der Waals surface area (Å²) in [6.45, 7) is 2.92. The molecule has 1 aromatic rings. The van der Waals surface area contributed by atoms with Crippen LogP contribution in [-0.4, -0.2) is 35.4 Å².